The zero-order valence-electron chi connectivity index (χ0n) is 28.1. The molecule has 0 saturated carbocycles. The van der Waals surface area contributed by atoms with Gasteiger partial charge in [0.2, 0.25) is 11.8 Å². The molecule has 2 atom stereocenters. The van der Waals surface area contributed by atoms with Crippen LogP contribution in [0.25, 0.3) is 11.1 Å². The van der Waals surface area contributed by atoms with E-state index >= 15 is 0 Å². The van der Waals surface area contributed by atoms with Crippen LogP contribution in [0.15, 0.2) is 71.6 Å². The molecule has 3 heterocycles. The maximum Gasteiger partial charge on any atom is 0.315 e. The Labute approximate surface area is 286 Å². The van der Waals surface area contributed by atoms with E-state index in [1.807, 2.05) is 80.8 Å². The molecule has 3 aliphatic rings. The van der Waals surface area contributed by atoms with Crippen LogP contribution in [0.3, 0.4) is 0 Å². The zero-order chi connectivity index (χ0) is 34.3. The van der Waals surface area contributed by atoms with E-state index in [4.69, 9.17) is 4.74 Å². The smallest absolute Gasteiger partial charge is 0.315 e. The fourth-order valence-electron chi connectivity index (χ4n) is 6.08. The first kappa shape index (κ1) is 35.0. The molecule has 0 aromatic heterocycles. The molecule has 4 N–H and O–H groups in total. The second-order valence-electron chi connectivity index (χ2n) is 13.0. The van der Waals surface area contributed by atoms with E-state index in [1.54, 1.807) is 23.6 Å². The van der Waals surface area contributed by atoms with E-state index in [1.165, 1.54) is 0 Å². The third-order valence-electron chi connectivity index (χ3n) is 8.66. The van der Waals surface area contributed by atoms with Crippen molar-refractivity contribution in [2.75, 3.05) is 24.2 Å². The summed E-state index contributed by atoms with van der Waals surface area (Å²) < 4.78 is 5.52. The molecule has 48 heavy (non-hydrogen) atoms. The molecule has 0 unspecified atom stereocenters. The van der Waals surface area contributed by atoms with Crippen molar-refractivity contribution in [2.45, 2.75) is 82.1 Å². The van der Waals surface area contributed by atoms with Gasteiger partial charge in [0, 0.05) is 42.2 Å². The van der Waals surface area contributed by atoms with E-state index < -0.39 is 23.7 Å². The van der Waals surface area contributed by atoms with Crippen LogP contribution < -0.4 is 26.2 Å². The molecule has 0 spiro atoms. The van der Waals surface area contributed by atoms with Crippen LogP contribution in [0, 0.1) is 0 Å². The lowest BCUT2D eigenvalue weighted by Crippen LogP contribution is -2.51. The maximum atomic E-state index is 14.2. The minimum atomic E-state index is -0.678. The van der Waals surface area contributed by atoms with Gasteiger partial charge in [-0.05, 0) is 85.9 Å². The molecular weight excluding hydrogens is 627 g/mol. The van der Waals surface area contributed by atoms with Crippen LogP contribution in [-0.2, 0) is 38.6 Å². The number of rotatable bonds is 1. The van der Waals surface area contributed by atoms with Gasteiger partial charge in [-0.25, -0.2) is 4.79 Å². The van der Waals surface area contributed by atoms with E-state index in [0.29, 0.717) is 32.5 Å². The van der Waals surface area contributed by atoms with Gasteiger partial charge in [-0.2, -0.15) is 0 Å². The average molecular weight is 672 g/mol. The first-order valence-corrected chi connectivity index (χ1v) is 17.6. The van der Waals surface area contributed by atoms with Crippen molar-refractivity contribution < 1.29 is 23.9 Å². The first-order chi connectivity index (χ1) is 23.0. The SMILES string of the molecule is CSc1ccc2c(c1)CC[C@H]1NC(=O)CC(C)(C)NC[C@@H](C)OC(=O)CCNC(=O)NCc3ccccc3-c3ccc(cc3)CN2C1=O. The number of urea groups is 1. The molecule has 11 heteroatoms. The largest absolute Gasteiger partial charge is 0.461 e. The maximum absolute atomic E-state index is 14.2. The number of nitrogens with one attached hydrogen (secondary N) is 4. The molecule has 0 aliphatic carbocycles. The minimum absolute atomic E-state index is 0.0292. The summed E-state index contributed by atoms with van der Waals surface area (Å²) in [6.07, 6.45) is 2.89. The Balaban J connectivity index is 1.44. The molecule has 3 aromatic carbocycles. The van der Waals surface area contributed by atoms with Crippen molar-refractivity contribution >= 4 is 41.3 Å². The van der Waals surface area contributed by atoms with Crippen LogP contribution in [0.2, 0.25) is 0 Å². The quantitative estimate of drug-likeness (QED) is 0.213. The van der Waals surface area contributed by atoms with Crippen LogP contribution in [0.5, 0.6) is 0 Å². The molecule has 3 aliphatic heterocycles. The Bertz CT molecular complexity index is 1640. The molecule has 4 bridgehead atoms. The topological polar surface area (TPSA) is 129 Å². The second kappa shape index (κ2) is 15.7. The normalized spacial score (nSPS) is 21.2. The van der Waals surface area contributed by atoms with Crippen LogP contribution in [0.1, 0.15) is 56.7 Å². The summed E-state index contributed by atoms with van der Waals surface area (Å²) in [6.45, 7) is 6.71. The molecular formula is C37H45N5O5S. The van der Waals surface area contributed by atoms with Crippen molar-refractivity contribution in [3.63, 3.8) is 0 Å². The first-order valence-electron chi connectivity index (χ1n) is 16.4. The van der Waals surface area contributed by atoms with Gasteiger partial charge >= 0.3 is 12.0 Å². The Morgan fingerprint density at radius 3 is 2.46 bits per heavy atom. The number of anilines is 1. The second-order valence-corrected chi connectivity index (χ2v) is 13.9. The summed E-state index contributed by atoms with van der Waals surface area (Å²) in [5.74, 6) is -0.805. The lowest BCUT2D eigenvalue weighted by atomic mass is 9.98. The van der Waals surface area contributed by atoms with E-state index in [-0.39, 0.29) is 37.2 Å². The van der Waals surface area contributed by atoms with Gasteiger partial charge in [0.1, 0.15) is 12.1 Å². The summed E-state index contributed by atoms with van der Waals surface area (Å²) >= 11 is 1.66. The van der Waals surface area contributed by atoms with Gasteiger partial charge in [-0.15, -0.1) is 11.8 Å². The lowest BCUT2D eigenvalue weighted by molar-refractivity contribution is -0.148. The van der Waals surface area contributed by atoms with E-state index in [2.05, 4.69) is 27.3 Å². The number of carbonyl (C=O) groups is 4. The Morgan fingerprint density at radius 1 is 0.917 bits per heavy atom. The number of esters is 1. The van der Waals surface area contributed by atoms with Crippen molar-refractivity contribution in [3.8, 4) is 11.1 Å². The van der Waals surface area contributed by atoms with Gasteiger partial charge in [0.15, 0.2) is 0 Å². The number of amides is 4. The molecule has 10 nitrogen and oxygen atoms in total. The molecule has 4 amide bonds. The van der Waals surface area contributed by atoms with Crippen molar-refractivity contribution in [3.05, 3.63) is 83.4 Å². The third-order valence-corrected chi connectivity index (χ3v) is 9.38. The number of benzene rings is 3. The van der Waals surface area contributed by atoms with Gasteiger partial charge in [-0.1, -0.05) is 48.5 Å². The highest BCUT2D eigenvalue weighted by molar-refractivity contribution is 7.98. The summed E-state index contributed by atoms with van der Waals surface area (Å²) in [4.78, 5) is 55.4. The number of nitrogens with zero attached hydrogens (tertiary/aromatic N) is 1. The van der Waals surface area contributed by atoms with Crippen LogP contribution >= 0.6 is 11.8 Å². The predicted octanol–water partition coefficient (Wildman–Crippen LogP) is 4.93. The highest BCUT2D eigenvalue weighted by Crippen LogP contribution is 2.33. The number of hydrogen-bond acceptors (Lipinski definition) is 7. The van der Waals surface area contributed by atoms with E-state index in [9.17, 15) is 19.2 Å². The summed E-state index contributed by atoms with van der Waals surface area (Å²) in [7, 11) is 0. The fraction of sp³-hybridized carbons (Fsp3) is 0.405. The molecule has 3 aromatic rings. The van der Waals surface area contributed by atoms with E-state index in [0.717, 1.165) is 38.4 Å². The van der Waals surface area contributed by atoms with Crippen molar-refractivity contribution in [1.29, 1.82) is 0 Å². The number of hydrogen-bond donors (Lipinski definition) is 4. The molecule has 254 valence electrons. The predicted molar refractivity (Wildman–Crippen MR) is 189 cm³/mol. The van der Waals surface area contributed by atoms with Gasteiger partial charge < -0.3 is 30.9 Å². The van der Waals surface area contributed by atoms with Crippen molar-refractivity contribution in [1.82, 2.24) is 21.3 Å². The van der Waals surface area contributed by atoms with Gasteiger partial charge in [0.05, 0.1) is 13.0 Å². The Morgan fingerprint density at radius 2 is 1.69 bits per heavy atom. The number of aryl methyl sites for hydroxylation is 1. The molecule has 0 fully saturated rings. The number of ether oxygens (including phenoxy) is 1. The molecule has 0 radical (unpaired) electrons. The lowest BCUT2D eigenvalue weighted by Gasteiger charge is -2.30. The zero-order valence-corrected chi connectivity index (χ0v) is 28.9. The van der Waals surface area contributed by atoms with Crippen LogP contribution in [-0.4, -0.2) is 60.8 Å². The number of thioether (sulfide) groups is 1. The summed E-state index contributed by atoms with van der Waals surface area (Å²) in [5.41, 5.74) is 5.16. The number of fused-ring (bicyclic) bond motifs is 17. The van der Waals surface area contributed by atoms with Gasteiger partial charge in [0.25, 0.3) is 0 Å². The monoisotopic (exact) mass is 671 g/mol. The summed E-state index contributed by atoms with van der Waals surface area (Å²) in [6, 6.07) is 21.1. The third kappa shape index (κ3) is 9.17. The fourth-order valence-corrected chi connectivity index (χ4v) is 6.54. The highest BCUT2D eigenvalue weighted by Gasteiger charge is 2.33. The highest BCUT2D eigenvalue weighted by atomic mass is 32.2. The van der Waals surface area contributed by atoms with Crippen molar-refractivity contribution in [2.24, 2.45) is 0 Å². The molecule has 6 rings (SSSR count). The summed E-state index contributed by atoms with van der Waals surface area (Å²) in [5, 5.41) is 12.0. The Kier molecular flexibility index (Phi) is 11.4. The standard InChI is InChI=1S/C37H45N5O5S/c1-24-21-40-37(2,3)20-33(43)41-31-15-13-27-19-29(48-4)14-16-32(27)42(35(31)45)23-25-9-11-26(12-10-25)30-8-6-5-7-28(30)22-39-36(46)38-18-17-34(44)47-24/h5-12,14,16,19,24,31,40H,13,15,17-18,20-23H2,1-4H3,(H,41,43)(H2,38,39,46)/t24-,31-/m1/s1. The Hall–Kier alpha value is -4.35. The average Bonchev–Trinajstić information content (AvgIpc) is 3.18. The minimum Gasteiger partial charge on any atom is -0.461 e. The number of carbonyl (C=O) groups excluding carboxylic acids is 4. The van der Waals surface area contributed by atoms with Gasteiger partial charge in [-0.3, -0.25) is 14.4 Å². The molecule has 0 saturated heterocycles. The van der Waals surface area contributed by atoms with Crippen LogP contribution in [0.4, 0.5) is 10.5 Å².